The zero-order valence-electron chi connectivity index (χ0n) is 15.3. The first-order valence-electron chi connectivity index (χ1n) is 9.09. The monoisotopic (exact) mass is 391 g/mol. The van der Waals surface area contributed by atoms with Crippen LogP contribution in [-0.4, -0.2) is 23.8 Å². The van der Waals surface area contributed by atoms with Gasteiger partial charge in [0.1, 0.15) is 0 Å². The van der Waals surface area contributed by atoms with Crippen LogP contribution in [0.1, 0.15) is 12.8 Å². The topological polar surface area (TPSA) is 50.4 Å². The van der Waals surface area contributed by atoms with Crippen LogP contribution >= 0.6 is 0 Å². The van der Waals surface area contributed by atoms with Crippen molar-refractivity contribution in [2.45, 2.75) is 19.0 Å². The van der Waals surface area contributed by atoms with E-state index in [9.17, 15) is 18.0 Å². The molecule has 1 saturated heterocycles. The van der Waals surface area contributed by atoms with E-state index in [-0.39, 0.29) is 12.8 Å². The molecule has 3 aromatic rings. The van der Waals surface area contributed by atoms with E-state index >= 15 is 0 Å². The van der Waals surface area contributed by atoms with Crippen molar-refractivity contribution in [3.63, 3.8) is 0 Å². The van der Waals surface area contributed by atoms with Crippen molar-refractivity contribution >= 4 is 28.2 Å². The summed E-state index contributed by atoms with van der Waals surface area (Å²) in [6.45, 7) is 0.807. The SMILES string of the molecule is Cn1c(=O)oc2cc(Nc3ccc(N4CCC(C(F)(F)F)CC4)cc3)ccc21. The van der Waals surface area contributed by atoms with Crippen LogP contribution in [0.3, 0.4) is 0 Å². The number of oxazole rings is 1. The molecule has 1 aliphatic heterocycles. The minimum atomic E-state index is -4.10. The molecule has 0 amide bonds. The standard InChI is InChI=1S/C20H20F3N3O2/c1-25-17-7-4-15(12-18(17)28-19(25)27)24-14-2-5-16(6-3-14)26-10-8-13(9-11-26)20(21,22)23/h2-7,12-13,24H,8-11H2,1H3. The number of piperidine rings is 1. The van der Waals surface area contributed by atoms with Crippen molar-refractivity contribution in [2.75, 3.05) is 23.3 Å². The summed E-state index contributed by atoms with van der Waals surface area (Å²) in [7, 11) is 1.65. The Bertz CT molecular complexity index is 1030. The molecule has 1 aliphatic rings. The van der Waals surface area contributed by atoms with Gasteiger partial charge in [0.25, 0.3) is 0 Å². The van der Waals surface area contributed by atoms with Gasteiger partial charge in [0.15, 0.2) is 5.58 Å². The van der Waals surface area contributed by atoms with Gasteiger partial charge in [-0.25, -0.2) is 4.79 Å². The molecule has 0 atom stereocenters. The smallest absolute Gasteiger partial charge is 0.408 e. The molecule has 0 bridgehead atoms. The second-order valence-electron chi connectivity index (χ2n) is 7.08. The van der Waals surface area contributed by atoms with Gasteiger partial charge in [-0.05, 0) is 49.2 Å². The highest BCUT2D eigenvalue weighted by Gasteiger charge is 2.41. The van der Waals surface area contributed by atoms with E-state index in [1.807, 2.05) is 41.3 Å². The second kappa shape index (κ2) is 6.92. The number of hydrogen-bond acceptors (Lipinski definition) is 4. The van der Waals surface area contributed by atoms with Crippen molar-refractivity contribution in [3.8, 4) is 0 Å². The summed E-state index contributed by atoms with van der Waals surface area (Å²) in [5, 5.41) is 3.24. The Morgan fingerprint density at radius 1 is 1.04 bits per heavy atom. The molecule has 0 saturated carbocycles. The molecule has 2 aromatic carbocycles. The van der Waals surface area contributed by atoms with Crippen LogP contribution in [0.2, 0.25) is 0 Å². The molecule has 0 spiro atoms. The molecule has 5 nitrogen and oxygen atoms in total. The molecular formula is C20H20F3N3O2. The summed E-state index contributed by atoms with van der Waals surface area (Å²) in [4.78, 5) is 13.6. The van der Waals surface area contributed by atoms with Crippen molar-refractivity contribution < 1.29 is 17.6 Å². The maximum Gasteiger partial charge on any atom is 0.419 e. The van der Waals surface area contributed by atoms with E-state index < -0.39 is 17.9 Å². The number of nitrogens with one attached hydrogen (secondary N) is 1. The predicted molar refractivity (Wildman–Crippen MR) is 102 cm³/mol. The highest BCUT2D eigenvalue weighted by atomic mass is 19.4. The van der Waals surface area contributed by atoms with Gasteiger partial charge >= 0.3 is 11.9 Å². The Morgan fingerprint density at radius 2 is 1.68 bits per heavy atom. The zero-order valence-corrected chi connectivity index (χ0v) is 15.3. The van der Waals surface area contributed by atoms with E-state index in [0.29, 0.717) is 24.2 Å². The highest BCUT2D eigenvalue weighted by Crippen LogP contribution is 2.35. The summed E-state index contributed by atoms with van der Waals surface area (Å²) >= 11 is 0. The van der Waals surface area contributed by atoms with Crippen molar-refractivity contribution in [2.24, 2.45) is 13.0 Å². The van der Waals surface area contributed by atoms with Gasteiger partial charge < -0.3 is 14.6 Å². The number of anilines is 3. The molecule has 0 aliphatic carbocycles. The van der Waals surface area contributed by atoms with E-state index in [1.54, 1.807) is 13.1 Å². The van der Waals surface area contributed by atoms with Gasteiger partial charge in [0, 0.05) is 43.3 Å². The Morgan fingerprint density at radius 3 is 2.32 bits per heavy atom. The van der Waals surface area contributed by atoms with E-state index in [2.05, 4.69) is 5.32 Å². The minimum absolute atomic E-state index is 0.131. The Kier molecular flexibility index (Phi) is 4.56. The molecule has 1 fully saturated rings. The zero-order chi connectivity index (χ0) is 19.9. The molecular weight excluding hydrogens is 371 g/mol. The van der Waals surface area contributed by atoms with Gasteiger partial charge in [0.2, 0.25) is 0 Å². The van der Waals surface area contributed by atoms with E-state index in [0.717, 1.165) is 17.1 Å². The Labute approximate surface area is 159 Å². The fraction of sp³-hybridized carbons (Fsp3) is 0.350. The molecule has 1 N–H and O–H groups in total. The summed E-state index contributed by atoms with van der Waals surface area (Å²) in [5.74, 6) is -1.61. The van der Waals surface area contributed by atoms with Crippen LogP contribution < -0.4 is 16.0 Å². The third-order valence-corrected chi connectivity index (χ3v) is 5.27. The van der Waals surface area contributed by atoms with Crippen LogP contribution in [0.25, 0.3) is 11.1 Å². The molecule has 4 rings (SSSR count). The minimum Gasteiger partial charge on any atom is -0.408 e. The van der Waals surface area contributed by atoms with Gasteiger partial charge in [-0.1, -0.05) is 0 Å². The third-order valence-electron chi connectivity index (χ3n) is 5.27. The predicted octanol–water partition coefficient (Wildman–Crippen LogP) is 4.65. The van der Waals surface area contributed by atoms with Crippen LogP contribution in [0.5, 0.6) is 0 Å². The van der Waals surface area contributed by atoms with E-state index in [1.165, 1.54) is 4.57 Å². The molecule has 2 heterocycles. The summed E-state index contributed by atoms with van der Waals surface area (Å²) < 4.78 is 45.0. The molecule has 28 heavy (non-hydrogen) atoms. The number of hydrogen-bond donors (Lipinski definition) is 1. The molecule has 148 valence electrons. The maximum absolute atomic E-state index is 12.8. The summed E-state index contributed by atoms with van der Waals surface area (Å²) in [6.07, 6.45) is -3.84. The number of benzene rings is 2. The molecule has 1 aromatic heterocycles. The quantitative estimate of drug-likeness (QED) is 0.706. The van der Waals surface area contributed by atoms with Crippen LogP contribution in [0, 0.1) is 5.92 Å². The number of halogens is 3. The Balaban J connectivity index is 1.43. The first-order valence-corrected chi connectivity index (χ1v) is 9.09. The lowest BCUT2D eigenvalue weighted by Gasteiger charge is -2.34. The fourth-order valence-corrected chi connectivity index (χ4v) is 3.60. The van der Waals surface area contributed by atoms with Gasteiger partial charge in [-0.3, -0.25) is 4.57 Å². The first-order chi connectivity index (χ1) is 13.3. The number of nitrogens with zero attached hydrogens (tertiary/aromatic N) is 2. The van der Waals surface area contributed by atoms with Gasteiger partial charge in [-0.2, -0.15) is 13.2 Å². The lowest BCUT2D eigenvalue weighted by molar-refractivity contribution is -0.179. The maximum atomic E-state index is 12.8. The summed E-state index contributed by atoms with van der Waals surface area (Å²) in [5.41, 5.74) is 3.75. The first kappa shape index (κ1) is 18.5. The molecule has 0 unspecified atom stereocenters. The summed E-state index contributed by atoms with van der Waals surface area (Å²) in [6, 6.07) is 13.0. The second-order valence-corrected chi connectivity index (χ2v) is 7.08. The van der Waals surface area contributed by atoms with Crippen molar-refractivity contribution in [1.29, 1.82) is 0 Å². The average Bonchev–Trinajstić information content (AvgIpc) is 2.95. The fourth-order valence-electron chi connectivity index (χ4n) is 3.60. The van der Waals surface area contributed by atoms with Crippen molar-refractivity contribution in [1.82, 2.24) is 4.57 Å². The van der Waals surface area contributed by atoms with Crippen LogP contribution in [-0.2, 0) is 7.05 Å². The lowest BCUT2D eigenvalue weighted by Crippen LogP contribution is -2.38. The van der Waals surface area contributed by atoms with Crippen LogP contribution in [0.4, 0.5) is 30.2 Å². The van der Waals surface area contributed by atoms with Crippen LogP contribution in [0.15, 0.2) is 51.7 Å². The lowest BCUT2D eigenvalue weighted by atomic mass is 9.96. The molecule has 0 radical (unpaired) electrons. The van der Waals surface area contributed by atoms with E-state index in [4.69, 9.17) is 4.42 Å². The normalized spacial score (nSPS) is 15.9. The number of alkyl halides is 3. The number of fused-ring (bicyclic) bond motifs is 1. The number of rotatable bonds is 3. The number of aryl methyl sites for hydroxylation is 1. The van der Waals surface area contributed by atoms with Gasteiger partial charge in [0.05, 0.1) is 11.4 Å². The number of aromatic nitrogens is 1. The average molecular weight is 391 g/mol. The van der Waals surface area contributed by atoms with Gasteiger partial charge in [-0.15, -0.1) is 0 Å². The Hall–Kier alpha value is -2.90. The largest absolute Gasteiger partial charge is 0.419 e. The highest BCUT2D eigenvalue weighted by molar-refractivity contribution is 5.79. The molecule has 8 heteroatoms. The van der Waals surface area contributed by atoms with Crippen molar-refractivity contribution in [3.05, 3.63) is 53.0 Å². The third kappa shape index (κ3) is 3.58.